The lowest BCUT2D eigenvalue weighted by Gasteiger charge is -2.19. The summed E-state index contributed by atoms with van der Waals surface area (Å²) in [5, 5.41) is 12.6. The van der Waals surface area contributed by atoms with Gasteiger partial charge in [-0.15, -0.1) is 0 Å². The van der Waals surface area contributed by atoms with E-state index in [4.69, 9.17) is 25.8 Å². The number of benzene rings is 2. The predicted octanol–water partition coefficient (Wildman–Crippen LogP) is 4.06. The van der Waals surface area contributed by atoms with Crippen LogP contribution in [0.2, 0.25) is 5.02 Å². The topological polar surface area (TPSA) is 80.6 Å². The van der Waals surface area contributed by atoms with Crippen LogP contribution in [-0.4, -0.2) is 25.7 Å². The first-order valence-electron chi connectivity index (χ1n) is 8.36. The lowest BCUT2D eigenvalue weighted by molar-refractivity contribution is -0.112. The average molecular weight is 385 g/mol. The van der Waals surface area contributed by atoms with Gasteiger partial charge in [-0.1, -0.05) is 11.6 Å². The van der Waals surface area contributed by atoms with Crippen molar-refractivity contribution in [2.75, 3.05) is 25.1 Å². The van der Waals surface area contributed by atoms with Crippen LogP contribution < -0.4 is 19.5 Å². The zero-order valence-electron chi connectivity index (χ0n) is 14.6. The van der Waals surface area contributed by atoms with Crippen LogP contribution in [0.15, 0.2) is 42.0 Å². The number of anilines is 1. The Balaban J connectivity index is 1.83. The van der Waals surface area contributed by atoms with Gasteiger partial charge in [0, 0.05) is 22.3 Å². The fourth-order valence-corrected chi connectivity index (χ4v) is 2.72. The van der Waals surface area contributed by atoms with Crippen LogP contribution >= 0.6 is 11.6 Å². The van der Waals surface area contributed by atoms with Crippen molar-refractivity contribution in [3.8, 4) is 23.3 Å². The van der Waals surface area contributed by atoms with E-state index in [-0.39, 0.29) is 5.57 Å². The molecule has 0 aliphatic carbocycles. The first kappa shape index (κ1) is 18.6. The molecule has 7 heteroatoms. The fourth-order valence-electron chi connectivity index (χ4n) is 2.54. The van der Waals surface area contributed by atoms with Crippen molar-refractivity contribution in [3.05, 3.63) is 52.6 Å². The second kappa shape index (κ2) is 8.47. The molecule has 0 saturated heterocycles. The molecule has 1 aliphatic heterocycles. The van der Waals surface area contributed by atoms with Crippen molar-refractivity contribution in [1.82, 2.24) is 0 Å². The number of hydrogen-bond acceptors (Lipinski definition) is 5. The zero-order chi connectivity index (χ0) is 19.2. The van der Waals surface area contributed by atoms with Crippen LogP contribution in [0.5, 0.6) is 17.2 Å². The molecule has 27 heavy (non-hydrogen) atoms. The van der Waals surface area contributed by atoms with Gasteiger partial charge in [-0.3, -0.25) is 4.79 Å². The molecule has 0 saturated carbocycles. The van der Waals surface area contributed by atoms with E-state index >= 15 is 0 Å². The number of nitriles is 1. The molecule has 1 heterocycles. The van der Waals surface area contributed by atoms with Gasteiger partial charge in [0.15, 0.2) is 11.5 Å². The number of hydrogen-bond donors (Lipinski definition) is 1. The van der Waals surface area contributed by atoms with Gasteiger partial charge >= 0.3 is 0 Å². The highest BCUT2D eigenvalue weighted by Gasteiger charge is 2.15. The number of nitrogens with zero attached hydrogens (tertiary/aromatic N) is 1. The standard InChI is InChI=1S/C20H17ClN2O4/c1-2-25-17-5-3-15(21)10-13(17)9-14(12-22)20(24)23-16-4-6-18-19(11-16)27-8-7-26-18/h3-6,9-11H,2,7-8H2,1H3,(H,23,24). The average Bonchev–Trinajstić information content (AvgIpc) is 2.68. The second-order valence-electron chi connectivity index (χ2n) is 5.60. The summed E-state index contributed by atoms with van der Waals surface area (Å²) < 4.78 is 16.5. The van der Waals surface area contributed by atoms with Gasteiger partial charge in [-0.25, -0.2) is 0 Å². The summed E-state index contributed by atoms with van der Waals surface area (Å²) in [6.07, 6.45) is 1.45. The number of fused-ring (bicyclic) bond motifs is 1. The van der Waals surface area contributed by atoms with E-state index < -0.39 is 5.91 Å². The normalized spacial score (nSPS) is 12.9. The smallest absolute Gasteiger partial charge is 0.266 e. The van der Waals surface area contributed by atoms with Crippen molar-refractivity contribution >= 4 is 29.3 Å². The second-order valence-corrected chi connectivity index (χ2v) is 6.03. The van der Waals surface area contributed by atoms with E-state index in [9.17, 15) is 10.1 Å². The van der Waals surface area contributed by atoms with Crippen molar-refractivity contribution in [1.29, 1.82) is 5.26 Å². The van der Waals surface area contributed by atoms with E-state index in [1.807, 2.05) is 13.0 Å². The molecule has 0 fully saturated rings. The van der Waals surface area contributed by atoms with E-state index in [1.165, 1.54) is 6.08 Å². The van der Waals surface area contributed by atoms with Crippen molar-refractivity contribution in [2.24, 2.45) is 0 Å². The number of nitrogens with one attached hydrogen (secondary N) is 1. The molecule has 1 N–H and O–H groups in total. The minimum Gasteiger partial charge on any atom is -0.493 e. The van der Waals surface area contributed by atoms with E-state index in [2.05, 4.69) is 5.32 Å². The number of rotatable bonds is 5. The first-order chi connectivity index (χ1) is 13.1. The maximum absolute atomic E-state index is 12.5. The molecule has 6 nitrogen and oxygen atoms in total. The van der Waals surface area contributed by atoms with Gasteiger partial charge < -0.3 is 19.5 Å². The van der Waals surface area contributed by atoms with E-state index in [1.54, 1.807) is 36.4 Å². The molecule has 2 aromatic carbocycles. The minimum absolute atomic E-state index is 0.0758. The Kier molecular flexibility index (Phi) is 5.84. The highest BCUT2D eigenvalue weighted by Crippen LogP contribution is 2.33. The molecule has 2 aromatic rings. The van der Waals surface area contributed by atoms with Crippen molar-refractivity contribution in [3.63, 3.8) is 0 Å². The summed E-state index contributed by atoms with van der Waals surface area (Å²) >= 11 is 6.03. The molecule has 1 aliphatic rings. The first-order valence-corrected chi connectivity index (χ1v) is 8.73. The molecule has 138 valence electrons. The third kappa shape index (κ3) is 4.52. The van der Waals surface area contributed by atoms with Gasteiger partial charge in [0.25, 0.3) is 5.91 Å². The molecule has 0 spiro atoms. The number of halogens is 1. The predicted molar refractivity (Wildman–Crippen MR) is 102 cm³/mol. The fraction of sp³-hybridized carbons (Fsp3) is 0.200. The summed E-state index contributed by atoms with van der Waals surface area (Å²) in [6.45, 7) is 3.24. The highest BCUT2D eigenvalue weighted by molar-refractivity contribution is 6.30. The molecule has 0 radical (unpaired) electrons. The van der Waals surface area contributed by atoms with Crippen LogP contribution in [0.1, 0.15) is 12.5 Å². The summed E-state index contributed by atoms with van der Waals surface area (Å²) in [7, 11) is 0. The Morgan fingerprint density at radius 3 is 2.78 bits per heavy atom. The molecule has 0 aromatic heterocycles. The Labute approximate surface area is 161 Å². The van der Waals surface area contributed by atoms with Gasteiger partial charge in [-0.2, -0.15) is 5.26 Å². The van der Waals surface area contributed by atoms with E-state index in [0.29, 0.717) is 53.3 Å². The lowest BCUT2D eigenvalue weighted by Crippen LogP contribution is -2.17. The Bertz CT molecular complexity index is 934. The highest BCUT2D eigenvalue weighted by atomic mass is 35.5. The van der Waals surface area contributed by atoms with Crippen LogP contribution in [0.25, 0.3) is 6.08 Å². The number of carbonyl (C=O) groups excluding carboxylic acids is 1. The third-order valence-electron chi connectivity index (χ3n) is 3.74. The summed E-state index contributed by atoms with van der Waals surface area (Å²) in [6, 6.07) is 12.0. The lowest BCUT2D eigenvalue weighted by atomic mass is 10.1. The van der Waals surface area contributed by atoms with E-state index in [0.717, 1.165) is 0 Å². The van der Waals surface area contributed by atoms with Crippen molar-refractivity contribution in [2.45, 2.75) is 6.92 Å². The SMILES string of the molecule is CCOc1ccc(Cl)cc1C=C(C#N)C(=O)Nc1ccc2c(c1)OCCO2. The Hall–Kier alpha value is -3.17. The maximum Gasteiger partial charge on any atom is 0.266 e. The van der Waals surface area contributed by atoms with Gasteiger partial charge in [0.1, 0.15) is 30.6 Å². The molecule has 1 amide bonds. The van der Waals surface area contributed by atoms with Crippen molar-refractivity contribution < 1.29 is 19.0 Å². The summed E-state index contributed by atoms with van der Waals surface area (Å²) in [5.41, 5.74) is 0.979. The number of carbonyl (C=O) groups is 1. The van der Waals surface area contributed by atoms with Gasteiger partial charge in [-0.05, 0) is 43.3 Å². The Morgan fingerprint density at radius 1 is 1.26 bits per heavy atom. The van der Waals surface area contributed by atoms with Gasteiger partial charge in [0.05, 0.1) is 6.61 Å². The molecule has 0 atom stereocenters. The Morgan fingerprint density at radius 2 is 2.04 bits per heavy atom. The monoisotopic (exact) mass is 384 g/mol. The van der Waals surface area contributed by atoms with Crippen LogP contribution in [0.4, 0.5) is 5.69 Å². The maximum atomic E-state index is 12.5. The molecule has 0 bridgehead atoms. The molecule has 3 rings (SSSR count). The van der Waals surface area contributed by atoms with Crippen LogP contribution in [0, 0.1) is 11.3 Å². The third-order valence-corrected chi connectivity index (χ3v) is 3.97. The van der Waals surface area contributed by atoms with Gasteiger partial charge in [0.2, 0.25) is 0 Å². The minimum atomic E-state index is -0.545. The quantitative estimate of drug-likeness (QED) is 0.621. The molecular formula is C20H17ClN2O4. The summed E-state index contributed by atoms with van der Waals surface area (Å²) in [4.78, 5) is 12.5. The zero-order valence-corrected chi connectivity index (χ0v) is 15.4. The molecule has 0 unspecified atom stereocenters. The van der Waals surface area contributed by atoms with Crippen LogP contribution in [-0.2, 0) is 4.79 Å². The summed E-state index contributed by atoms with van der Waals surface area (Å²) in [5.74, 6) is 1.17. The number of ether oxygens (including phenoxy) is 3. The molecular weight excluding hydrogens is 368 g/mol. The number of amides is 1. The largest absolute Gasteiger partial charge is 0.493 e. The van der Waals surface area contributed by atoms with Crippen LogP contribution in [0.3, 0.4) is 0 Å².